The van der Waals surface area contributed by atoms with Crippen molar-refractivity contribution in [2.75, 3.05) is 0 Å². The lowest BCUT2D eigenvalue weighted by molar-refractivity contribution is -0.147. The standard InChI is InChI=1S/C29H29Cl2N3O4/c1-29(2,3)38-28(36)33-23(27(35)37-18-19-10-6-4-7-11-19)14-15-26-32-24-16-21(30)22(31)17-25(24)34(26)20-12-8-5-9-13-20/h4-13,16-17,23H,14-15,18H2,1-3H3,(H,33,36). The zero-order chi connectivity index (χ0) is 27.3. The van der Waals surface area contributed by atoms with E-state index in [9.17, 15) is 9.59 Å². The number of hydrogen-bond acceptors (Lipinski definition) is 5. The van der Waals surface area contributed by atoms with Gasteiger partial charge in [-0.05, 0) is 57.0 Å². The summed E-state index contributed by atoms with van der Waals surface area (Å²) >= 11 is 12.6. The van der Waals surface area contributed by atoms with E-state index in [0.717, 1.165) is 16.8 Å². The maximum atomic E-state index is 13.1. The van der Waals surface area contributed by atoms with Crippen LogP contribution in [-0.4, -0.2) is 33.3 Å². The van der Waals surface area contributed by atoms with Crippen LogP contribution in [0.1, 0.15) is 38.6 Å². The van der Waals surface area contributed by atoms with E-state index in [4.69, 9.17) is 37.7 Å². The van der Waals surface area contributed by atoms with Gasteiger partial charge in [0.25, 0.3) is 0 Å². The molecule has 1 heterocycles. The van der Waals surface area contributed by atoms with Gasteiger partial charge in [-0.2, -0.15) is 0 Å². The number of aromatic nitrogens is 2. The summed E-state index contributed by atoms with van der Waals surface area (Å²) in [5.41, 5.74) is 2.45. The Morgan fingerprint density at radius 1 is 0.974 bits per heavy atom. The number of para-hydroxylation sites is 1. The molecule has 1 aromatic heterocycles. The van der Waals surface area contributed by atoms with Crippen molar-refractivity contribution in [1.82, 2.24) is 14.9 Å². The van der Waals surface area contributed by atoms with Crippen LogP contribution in [0.3, 0.4) is 0 Å². The highest BCUT2D eigenvalue weighted by molar-refractivity contribution is 6.42. The van der Waals surface area contributed by atoms with E-state index in [1.807, 2.05) is 65.2 Å². The molecule has 0 aliphatic rings. The monoisotopic (exact) mass is 553 g/mol. The van der Waals surface area contributed by atoms with E-state index in [1.54, 1.807) is 32.9 Å². The van der Waals surface area contributed by atoms with Crippen molar-refractivity contribution in [2.45, 2.75) is 51.9 Å². The number of hydrogen-bond donors (Lipinski definition) is 1. The number of benzene rings is 3. The van der Waals surface area contributed by atoms with Crippen LogP contribution in [-0.2, 0) is 27.3 Å². The molecule has 1 N–H and O–H groups in total. The number of aryl methyl sites for hydroxylation is 1. The van der Waals surface area contributed by atoms with Gasteiger partial charge in [0.05, 0.1) is 21.1 Å². The van der Waals surface area contributed by atoms with Crippen LogP contribution in [0.5, 0.6) is 0 Å². The number of carbonyl (C=O) groups excluding carboxylic acids is 2. The molecular formula is C29H29Cl2N3O4. The van der Waals surface area contributed by atoms with Crippen molar-refractivity contribution < 1.29 is 19.1 Å². The zero-order valence-electron chi connectivity index (χ0n) is 21.4. The molecule has 0 aliphatic heterocycles. The van der Waals surface area contributed by atoms with Crippen molar-refractivity contribution in [2.24, 2.45) is 0 Å². The smallest absolute Gasteiger partial charge is 0.408 e. The van der Waals surface area contributed by atoms with E-state index in [-0.39, 0.29) is 13.0 Å². The van der Waals surface area contributed by atoms with Crippen LogP contribution in [0, 0.1) is 0 Å². The molecule has 3 aromatic carbocycles. The van der Waals surface area contributed by atoms with E-state index in [2.05, 4.69) is 5.32 Å². The molecule has 0 saturated carbocycles. The summed E-state index contributed by atoms with van der Waals surface area (Å²) in [6.45, 7) is 5.36. The van der Waals surface area contributed by atoms with Crippen LogP contribution in [0.15, 0.2) is 72.8 Å². The van der Waals surface area contributed by atoms with Crippen LogP contribution >= 0.6 is 23.2 Å². The third-order valence-electron chi connectivity index (χ3n) is 5.64. The molecule has 4 aromatic rings. The highest BCUT2D eigenvalue weighted by atomic mass is 35.5. The number of imidazole rings is 1. The summed E-state index contributed by atoms with van der Waals surface area (Å²) in [5, 5.41) is 3.49. The number of carbonyl (C=O) groups is 2. The number of esters is 1. The number of halogens is 2. The number of ether oxygens (including phenoxy) is 2. The lowest BCUT2D eigenvalue weighted by Crippen LogP contribution is -2.44. The average Bonchev–Trinajstić information content (AvgIpc) is 3.22. The molecule has 1 amide bonds. The fraction of sp³-hybridized carbons (Fsp3) is 0.276. The number of amides is 1. The Balaban J connectivity index is 1.60. The normalized spacial score (nSPS) is 12.2. The molecule has 1 atom stereocenters. The Morgan fingerprint density at radius 3 is 2.26 bits per heavy atom. The Bertz CT molecular complexity index is 1420. The van der Waals surface area contributed by atoms with Gasteiger partial charge in [-0.1, -0.05) is 71.7 Å². The summed E-state index contributed by atoms with van der Waals surface area (Å²) in [6, 6.07) is 21.6. The summed E-state index contributed by atoms with van der Waals surface area (Å²) in [7, 11) is 0. The Kier molecular flexibility index (Phi) is 8.59. The minimum atomic E-state index is -0.954. The van der Waals surface area contributed by atoms with Gasteiger partial charge in [-0.3, -0.25) is 4.57 Å². The first-order valence-electron chi connectivity index (χ1n) is 12.2. The van der Waals surface area contributed by atoms with Gasteiger partial charge >= 0.3 is 12.1 Å². The lowest BCUT2D eigenvalue weighted by atomic mass is 10.1. The largest absolute Gasteiger partial charge is 0.459 e. The number of fused-ring (bicyclic) bond motifs is 1. The molecule has 0 aliphatic carbocycles. The minimum absolute atomic E-state index is 0.0890. The molecule has 9 heteroatoms. The van der Waals surface area contributed by atoms with Gasteiger partial charge < -0.3 is 14.8 Å². The van der Waals surface area contributed by atoms with E-state index in [0.29, 0.717) is 27.8 Å². The van der Waals surface area contributed by atoms with E-state index >= 15 is 0 Å². The maximum Gasteiger partial charge on any atom is 0.408 e. The maximum absolute atomic E-state index is 13.1. The van der Waals surface area contributed by atoms with Gasteiger partial charge in [0, 0.05) is 12.1 Å². The first-order chi connectivity index (χ1) is 18.1. The molecule has 7 nitrogen and oxygen atoms in total. The van der Waals surface area contributed by atoms with Crippen molar-refractivity contribution in [3.63, 3.8) is 0 Å². The Labute approximate surface area is 231 Å². The van der Waals surface area contributed by atoms with Crippen LogP contribution in [0.4, 0.5) is 4.79 Å². The molecule has 4 rings (SSSR count). The zero-order valence-corrected chi connectivity index (χ0v) is 22.9. The SMILES string of the molecule is CC(C)(C)OC(=O)NC(CCc1nc2cc(Cl)c(Cl)cc2n1-c1ccccc1)C(=O)OCc1ccccc1. The predicted molar refractivity (Wildman–Crippen MR) is 149 cm³/mol. The fourth-order valence-electron chi connectivity index (χ4n) is 3.96. The number of rotatable bonds is 8. The predicted octanol–water partition coefficient (Wildman–Crippen LogP) is 6.90. The second-order valence-corrected chi connectivity index (χ2v) is 10.6. The summed E-state index contributed by atoms with van der Waals surface area (Å²) in [6.07, 6.45) is -0.126. The highest BCUT2D eigenvalue weighted by Gasteiger charge is 2.27. The highest BCUT2D eigenvalue weighted by Crippen LogP contribution is 2.30. The Hall–Kier alpha value is -3.55. The van der Waals surface area contributed by atoms with Gasteiger partial charge in [0.15, 0.2) is 0 Å². The van der Waals surface area contributed by atoms with Gasteiger partial charge in [0.1, 0.15) is 24.1 Å². The Morgan fingerprint density at radius 2 is 1.61 bits per heavy atom. The van der Waals surface area contributed by atoms with Gasteiger partial charge in [-0.15, -0.1) is 0 Å². The van der Waals surface area contributed by atoms with Crippen molar-refractivity contribution >= 4 is 46.3 Å². The molecule has 198 valence electrons. The first kappa shape index (κ1) is 27.5. The molecule has 0 spiro atoms. The van der Waals surface area contributed by atoms with Crippen molar-refractivity contribution in [3.05, 3.63) is 94.2 Å². The molecule has 0 radical (unpaired) electrons. The molecule has 0 saturated heterocycles. The number of alkyl carbamates (subject to hydrolysis) is 1. The number of nitrogens with zero attached hydrogens (tertiary/aromatic N) is 2. The van der Waals surface area contributed by atoms with Gasteiger partial charge in [0.2, 0.25) is 0 Å². The summed E-state index contributed by atoms with van der Waals surface area (Å²) in [4.78, 5) is 30.5. The van der Waals surface area contributed by atoms with E-state index in [1.165, 1.54) is 0 Å². The van der Waals surface area contributed by atoms with E-state index < -0.39 is 23.7 Å². The van der Waals surface area contributed by atoms with Crippen LogP contribution < -0.4 is 5.32 Å². The van der Waals surface area contributed by atoms with Crippen molar-refractivity contribution in [3.8, 4) is 5.69 Å². The molecule has 0 bridgehead atoms. The van der Waals surface area contributed by atoms with Crippen LogP contribution in [0.2, 0.25) is 10.0 Å². The minimum Gasteiger partial charge on any atom is -0.459 e. The van der Waals surface area contributed by atoms with Gasteiger partial charge in [-0.25, -0.2) is 14.6 Å². The van der Waals surface area contributed by atoms with Crippen LogP contribution in [0.25, 0.3) is 16.7 Å². The summed E-state index contributed by atoms with van der Waals surface area (Å²) in [5.74, 6) is 0.115. The lowest BCUT2D eigenvalue weighted by Gasteiger charge is -2.23. The number of nitrogens with one attached hydrogen (secondary N) is 1. The second kappa shape index (κ2) is 11.9. The topological polar surface area (TPSA) is 82.5 Å². The first-order valence-corrected chi connectivity index (χ1v) is 13.0. The second-order valence-electron chi connectivity index (χ2n) is 9.78. The molecular weight excluding hydrogens is 525 g/mol. The third-order valence-corrected chi connectivity index (χ3v) is 6.36. The average molecular weight is 554 g/mol. The summed E-state index contributed by atoms with van der Waals surface area (Å²) < 4.78 is 12.9. The molecule has 0 fully saturated rings. The third kappa shape index (κ3) is 7.05. The molecule has 1 unspecified atom stereocenters. The quantitative estimate of drug-likeness (QED) is 0.240. The van der Waals surface area contributed by atoms with Crippen molar-refractivity contribution in [1.29, 1.82) is 0 Å². The molecule has 38 heavy (non-hydrogen) atoms. The fourth-order valence-corrected chi connectivity index (χ4v) is 4.27.